The molecular weight excluding hydrogens is 376 g/mol. The molecule has 5 nitrogen and oxygen atoms in total. The van der Waals surface area contributed by atoms with Gasteiger partial charge in [0.2, 0.25) is 0 Å². The van der Waals surface area contributed by atoms with Crippen LogP contribution in [-0.4, -0.2) is 42.9 Å². The number of carbonyl (C=O) groups is 2. The van der Waals surface area contributed by atoms with E-state index in [1.807, 2.05) is 48.5 Å². The molecule has 0 aliphatic carbocycles. The van der Waals surface area contributed by atoms with Crippen LogP contribution in [0, 0.1) is 0 Å². The zero-order valence-electron chi connectivity index (χ0n) is 16.7. The molecule has 1 saturated heterocycles. The standard InChI is InChI=1S/C25H24N2O3/c28-24(20-6-2-1-3-7-20)22-8-4-5-9-23(22)26-25(29)21-12-10-19(11-13-21)18-27-14-16-30-17-15-27/h1-13H,14-18H2,(H,26,29). The molecule has 1 N–H and O–H groups in total. The number of amides is 1. The summed E-state index contributed by atoms with van der Waals surface area (Å²) in [6.45, 7) is 4.23. The lowest BCUT2D eigenvalue weighted by molar-refractivity contribution is 0.0342. The van der Waals surface area contributed by atoms with Crippen LogP contribution in [0.25, 0.3) is 0 Å². The first kappa shape index (κ1) is 20.0. The Morgan fingerprint density at radius 1 is 0.800 bits per heavy atom. The maximum Gasteiger partial charge on any atom is 0.255 e. The molecule has 1 heterocycles. The minimum Gasteiger partial charge on any atom is -0.379 e. The smallest absolute Gasteiger partial charge is 0.255 e. The van der Waals surface area contributed by atoms with Gasteiger partial charge in [0.25, 0.3) is 5.91 Å². The van der Waals surface area contributed by atoms with E-state index in [1.165, 1.54) is 0 Å². The third-order valence-electron chi connectivity index (χ3n) is 5.18. The first-order valence-corrected chi connectivity index (χ1v) is 10.1. The second kappa shape index (κ2) is 9.48. The Bertz CT molecular complexity index is 1010. The summed E-state index contributed by atoms with van der Waals surface area (Å²) in [4.78, 5) is 28.0. The molecule has 0 radical (unpaired) electrons. The molecule has 152 valence electrons. The number of rotatable bonds is 6. The molecular formula is C25H24N2O3. The topological polar surface area (TPSA) is 58.6 Å². The summed E-state index contributed by atoms with van der Waals surface area (Å²) in [6.07, 6.45) is 0. The van der Waals surface area contributed by atoms with Crippen molar-refractivity contribution in [3.8, 4) is 0 Å². The van der Waals surface area contributed by atoms with Crippen molar-refractivity contribution in [2.45, 2.75) is 6.54 Å². The van der Waals surface area contributed by atoms with Crippen molar-refractivity contribution in [2.24, 2.45) is 0 Å². The van der Waals surface area contributed by atoms with Gasteiger partial charge in [-0.05, 0) is 29.8 Å². The summed E-state index contributed by atoms with van der Waals surface area (Å²) in [5.74, 6) is -0.353. The number of para-hydroxylation sites is 1. The molecule has 3 aromatic carbocycles. The average molecular weight is 400 g/mol. The van der Waals surface area contributed by atoms with Crippen molar-refractivity contribution in [1.82, 2.24) is 4.90 Å². The van der Waals surface area contributed by atoms with Gasteiger partial charge in [-0.3, -0.25) is 14.5 Å². The zero-order chi connectivity index (χ0) is 20.8. The summed E-state index contributed by atoms with van der Waals surface area (Å²) in [5, 5.41) is 2.89. The van der Waals surface area contributed by atoms with Gasteiger partial charge in [0, 0.05) is 36.3 Å². The van der Waals surface area contributed by atoms with Crippen molar-refractivity contribution < 1.29 is 14.3 Å². The fourth-order valence-corrected chi connectivity index (χ4v) is 3.51. The predicted molar refractivity (Wildman–Crippen MR) is 117 cm³/mol. The highest BCUT2D eigenvalue weighted by atomic mass is 16.5. The molecule has 0 bridgehead atoms. The van der Waals surface area contributed by atoms with Crippen LogP contribution in [0.1, 0.15) is 31.8 Å². The van der Waals surface area contributed by atoms with E-state index < -0.39 is 0 Å². The van der Waals surface area contributed by atoms with Crippen molar-refractivity contribution in [2.75, 3.05) is 31.6 Å². The first-order valence-electron chi connectivity index (χ1n) is 10.1. The summed E-state index contributed by atoms with van der Waals surface area (Å²) in [6, 6.07) is 23.8. The average Bonchev–Trinajstić information content (AvgIpc) is 2.81. The Labute approximate surface area is 176 Å². The number of hydrogen-bond acceptors (Lipinski definition) is 4. The SMILES string of the molecule is O=C(Nc1ccccc1C(=O)c1ccccc1)c1ccc(CN2CCOCC2)cc1. The van der Waals surface area contributed by atoms with E-state index in [9.17, 15) is 9.59 Å². The van der Waals surface area contributed by atoms with Gasteiger partial charge in [0.15, 0.2) is 5.78 Å². The number of hydrogen-bond donors (Lipinski definition) is 1. The van der Waals surface area contributed by atoms with Gasteiger partial charge in [-0.25, -0.2) is 0 Å². The second-order valence-corrected chi connectivity index (χ2v) is 7.28. The summed E-state index contributed by atoms with van der Waals surface area (Å²) in [5.41, 5.74) is 3.29. The Balaban J connectivity index is 1.46. The molecule has 5 heteroatoms. The second-order valence-electron chi connectivity index (χ2n) is 7.28. The van der Waals surface area contributed by atoms with E-state index in [1.54, 1.807) is 30.3 Å². The molecule has 1 aliphatic rings. The van der Waals surface area contributed by atoms with Gasteiger partial charge in [-0.15, -0.1) is 0 Å². The maximum absolute atomic E-state index is 12.9. The van der Waals surface area contributed by atoms with Crippen LogP contribution >= 0.6 is 0 Å². The minimum atomic E-state index is -0.235. The predicted octanol–water partition coefficient (Wildman–Crippen LogP) is 4.00. The Morgan fingerprint density at radius 2 is 1.47 bits per heavy atom. The number of nitrogens with one attached hydrogen (secondary N) is 1. The number of ketones is 1. The Hall–Kier alpha value is -3.28. The number of nitrogens with zero attached hydrogens (tertiary/aromatic N) is 1. The molecule has 1 amide bonds. The highest BCUT2D eigenvalue weighted by Gasteiger charge is 2.16. The lowest BCUT2D eigenvalue weighted by atomic mass is 10.0. The van der Waals surface area contributed by atoms with Gasteiger partial charge >= 0.3 is 0 Å². The van der Waals surface area contributed by atoms with Gasteiger partial charge in [-0.1, -0.05) is 54.6 Å². The molecule has 0 spiro atoms. The van der Waals surface area contributed by atoms with E-state index in [0.29, 0.717) is 22.4 Å². The lowest BCUT2D eigenvalue weighted by Gasteiger charge is -2.26. The van der Waals surface area contributed by atoms with Crippen LogP contribution in [0.5, 0.6) is 0 Å². The van der Waals surface area contributed by atoms with E-state index in [4.69, 9.17) is 4.74 Å². The molecule has 4 rings (SSSR count). The molecule has 3 aromatic rings. The maximum atomic E-state index is 12.9. The van der Waals surface area contributed by atoms with E-state index in [2.05, 4.69) is 10.2 Å². The van der Waals surface area contributed by atoms with Gasteiger partial charge in [-0.2, -0.15) is 0 Å². The summed E-state index contributed by atoms with van der Waals surface area (Å²) < 4.78 is 5.38. The molecule has 1 aliphatic heterocycles. The number of morpholine rings is 1. The summed E-state index contributed by atoms with van der Waals surface area (Å²) in [7, 11) is 0. The highest BCUT2D eigenvalue weighted by molar-refractivity contribution is 6.15. The number of carbonyl (C=O) groups excluding carboxylic acids is 2. The van der Waals surface area contributed by atoms with Crippen LogP contribution in [-0.2, 0) is 11.3 Å². The van der Waals surface area contributed by atoms with E-state index >= 15 is 0 Å². The molecule has 0 aromatic heterocycles. The monoisotopic (exact) mass is 400 g/mol. The van der Waals surface area contributed by atoms with Gasteiger partial charge < -0.3 is 10.1 Å². The lowest BCUT2D eigenvalue weighted by Crippen LogP contribution is -2.35. The Morgan fingerprint density at radius 3 is 2.20 bits per heavy atom. The van der Waals surface area contributed by atoms with E-state index in [0.717, 1.165) is 38.4 Å². The largest absolute Gasteiger partial charge is 0.379 e. The molecule has 30 heavy (non-hydrogen) atoms. The van der Waals surface area contributed by atoms with E-state index in [-0.39, 0.29) is 11.7 Å². The van der Waals surface area contributed by atoms with Gasteiger partial charge in [0.1, 0.15) is 0 Å². The summed E-state index contributed by atoms with van der Waals surface area (Å²) >= 11 is 0. The van der Waals surface area contributed by atoms with Crippen molar-refractivity contribution in [3.63, 3.8) is 0 Å². The van der Waals surface area contributed by atoms with Crippen molar-refractivity contribution in [3.05, 3.63) is 101 Å². The molecule has 1 fully saturated rings. The van der Waals surface area contributed by atoms with Crippen LogP contribution in [0.15, 0.2) is 78.9 Å². The van der Waals surface area contributed by atoms with Crippen LogP contribution in [0.3, 0.4) is 0 Å². The van der Waals surface area contributed by atoms with Crippen molar-refractivity contribution >= 4 is 17.4 Å². The highest BCUT2D eigenvalue weighted by Crippen LogP contribution is 2.20. The van der Waals surface area contributed by atoms with Crippen LogP contribution in [0.2, 0.25) is 0 Å². The van der Waals surface area contributed by atoms with Crippen molar-refractivity contribution in [1.29, 1.82) is 0 Å². The molecule has 0 atom stereocenters. The normalized spacial score (nSPS) is 14.3. The molecule has 0 saturated carbocycles. The number of ether oxygens (including phenoxy) is 1. The quantitative estimate of drug-likeness (QED) is 0.636. The third kappa shape index (κ3) is 4.82. The van der Waals surface area contributed by atoms with Gasteiger partial charge in [0.05, 0.1) is 18.9 Å². The fraction of sp³-hybridized carbons (Fsp3) is 0.200. The number of anilines is 1. The van der Waals surface area contributed by atoms with Crippen LogP contribution in [0.4, 0.5) is 5.69 Å². The molecule has 0 unspecified atom stereocenters. The fourth-order valence-electron chi connectivity index (χ4n) is 3.51. The first-order chi connectivity index (χ1) is 14.7. The van der Waals surface area contributed by atoms with Crippen LogP contribution < -0.4 is 5.32 Å². The zero-order valence-corrected chi connectivity index (χ0v) is 16.7. The number of benzene rings is 3. The third-order valence-corrected chi connectivity index (χ3v) is 5.18. The minimum absolute atomic E-state index is 0.118. The Kier molecular flexibility index (Phi) is 6.32.